The molecule has 0 unspecified atom stereocenters. The van der Waals surface area contributed by atoms with Crippen LogP contribution in [0, 0.1) is 0 Å². The van der Waals surface area contributed by atoms with Gasteiger partial charge in [-0.1, -0.05) is 0 Å². The molecule has 1 amide bonds. The first-order valence-electron chi connectivity index (χ1n) is 6.71. The van der Waals surface area contributed by atoms with Crippen molar-refractivity contribution in [2.45, 2.75) is 19.9 Å². The van der Waals surface area contributed by atoms with Crippen LogP contribution in [-0.2, 0) is 13.0 Å². The molecule has 1 aliphatic rings. The highest BCUT2D eigenvalue weighted by Crippen LogP contribution is 2.27. The Labute approximate surface area is 126 Å². The molecule has 0 atom stereocenters. The van der Waals surface area contributed by atoms with Crippen molar-refractivity contribution in [3.63, 3.8) is 0 Å². The van der Waals surface area contributed by atoms with Gasteiger partial charge in [-0.05, 0) is 19.2 Å². The van der Waals surface area contributed by atoms with E-state index in [1.807, 2.05) is 0 Å². The monoisotopic (exact) mass is 304 g/mol. The summed E-state index contributed by atoms with van der Waals surface area (Å²) in [6.45, 7) is 3.32. The zero-order valence-corrected chi connectivity index (χ0v) is 12.7. The number of anilines is 1. The molecule has 3 heterocycles. The number of rotatable bonds is 3. The van der Waals surface area contributed by atoms with Crippen LogP contribution in [0.1, 0.15) is 38.5 Å². The number of carbonyl (C=O) groups is 2. The normalized spacial score (nSPS) is 14.8. The maximum absolute atomic E-state index is 12.1. The van der Waals surface area contributed by atoms with Gasteiger partial charge in [-0.3, -0.25) is 14.9 Å². The molecule has 0 radical (unpaired) electrons. The van der Waals surface area contributed by atoms with Crippen LogP contribution in [0.4, 0.5) is 5.13 Å². The van der Waals surface area contributed by atoms with Crippen molar-refractivity contribution in [3.05, 3.63) is 34.1 Å². The number of ketones is 1. The van der Waals surface area contributed by atoms with Crippen LogP contribution < -0.4 is 5.32 Å². The summed E-state index contributed by atoms with van der Waals surface area (Å²) in [7, 11) is 2.07. The number of hydrogen-bond acceptors (Lipinski definition) is 5. The van der Waals surface area contributed by atoms with E-state index in [1.54, 1.807) is 12.1 Å². The number of fused-ring (bicyclic) bond motifs is 1. The zero-order chi connectivity index (χ0) is 15.0. The quantitative estimate of drug-likeness (QED) is 0.849. The number of H-pyrrole nitrogens is 1. The second-order valence-electron chi connectivity index (χ2n) is 5.17. The lowest BCUT2D eigenvalue weighted by Gasteiger charge is -2.20. The largest absolute Gasteiger partial charge is 0.348 e. The first-order chi connectivity index (χ1) is 10.0. The van der Waals surface area contributed by atoms with Crippen molar-refractivity contribution in [2.24, 2.45) is 0 Å². The smallest absolute Gasteiger partial charge is 0.273 e. The standard InChI is InChI=1S/C14H16N4O2S/c1-8(19)9-3-4-11(15-9)13(20)17-14-16-10-5-6-18(2)7-12(10)21-14/h3-4,15H,5-7H2,1-2H3,(H,16,17,20). The van der Waals surface area contributed by atoms with Crippen LogP contribution in [0.3, 0.4) is 0 Å². The number of amides is 1. The van der Waals surface area contributed by atoms with E-state index in [-0.39, 0.29) is 11.7 Å². The van der Waals surface area contributed by atoms with Gasteiger partial charge in [-0.15, -0.1) is 11.3 Å². The fourth-order valence-electron chi connectivity index (χ4n) is 2.27. The van der Waals surface area contributed by atoms with Gasteiger partial charge in [0.1, 0.15) is 5.69 Å². The number of hydrogen-bond donors (Lipinski definition) is 2. The Bertz CT molecular complexity index is 704. The Morgan fingerprint density at radius 2 is 2.14 bits per heavy atom. The molecule has 2 aromatic heterocycles. The van der Waals surface area contributed by atoms with Crippen LogP contribution in [0.25, 0.3) is 0 Å². The minimum Gasteiger partial charge on any atom is -0.348 e. The van der Waals surface area contributed by atoms with Crippen molar-refractivity contribution < 1.29 is 9.59 Å². The van der Waals surface area contributed by atoms with Crippen LogP contribution in [0.5, 0.6) is 0 Å². The van der Waals surface area contributed by atoms with E-state index in [0.717, 1.165) is 25.2 Å². The number of thiazole rings is 1. The van der Waals surface area contributed by atoms with Crippen molar-refractivity contribution in [3.8, 4) is 0 Å². The number of likely N-dealkylation sites (N-methyl/N-ethyl adjacent to an activating group) is 1. The maximum atomic E-state index is 12.1. The molecule has 0 spiro atoms. The van der Waals surface area contributed by atoms with E-state index < -0.39 is 0 Å². The minimum atomic E-state index is -0.276. The Kier molecular flexibility index (Phi) is 3.60. The number of aromatic amines is 1. The summed E-state index contributed by atoms with van der Waals surface area (Å²) < 4.78 is 0. The average Bonchev–Trinajstić information content (AvgIpc) is 3.03. The van der Waals surface area contributed by atoms with E-state index in [1.165, 1.54) is 23.1 Å². The van der Waals surface area contributed by atoms with Gasteiger partial charge in [-0.25, -0.2) is 4.98 Å². The number of nitrogens with one attached hydrogen (secondary N) is 2. The molecule has 0 saturated carbocycles. The Hall–Kier alpha value is -1.99. The molecule has 0 aliphatic carbocycles. The second kappa shape index (κ2) is 5.42. The number of carbonyl (C=O) groups excluding carboxylic acids is 2. The van der Waals surface area contributed by atoms with Crippen molar-refractivity contribution in [2.75, 3.05) is 18.9 Å². The van der Waals surface area contributed by atoms with Crippen LogP contribution in [0.2, 0.25) is 0 Å². The molecule has 110 valence electrons. The van der Waals surface area contributed by atoms with Gasteiger partial charge in [0.25, 0.3) is 5.91 Å². The molecule has 0 bridgehead atoms. The molecular formula is C14H16N4O2S. The lowest BCUT2D eigenvalue weighted by molar-refractivity contribution is 0.101. The molecule has 6 nitrogen and oxygen atoms in total. The van der Waals surface area contributed by atoms with Gasteiger partial charge in [0.05, 0.1) is 11.4 Å². The molecule has 3 rings (SSSR count). The Morgan fingerprint density at radius 1 is 1.38 bits per heavy atom. The molecule has 0 saturated heterocycles. The summed E-state index contributed by atoms with van der Waals surface area (Å²) in [5.41, 5.74) is 1.87. The Morgan fingerprint density at radius 3 is 2.86 bits per heavy atom. The summed E-state index contributed by atoms with van der Waals surface area (Å²) in [5.74, 6) is -0.372. The van der Waals surface area contributed by atoms with Crippen LogP contribution >= 0.6 is 11.3 Å². The van der Waals surface area contributed by atoms with E-state index >= 15 is 0 Å². The van der Waals surface area contributed by atoms with E-state index in [9.17, 15) is 9.59 Å². The number of Topliss-reactive ketones (excluding diaryl/α,β-unsaturated/α-hetero) is 1. The summed E-state index contributed by atoms with van der Waals surface area (Å²) in [4.78, 5) is 34.1. The summed E-state index contributed by atoms with van der Waals surface area (Å²) in [6, 6.07) is 3.21. The van der Waals surface area contributed by atoms with Crippen molar-refractivity contribution >= 4 is 28.2 Å². The highest BCUT2D eigenvalue weighted by Gasteiger charge is 2.19. The van der Waals surface area contributed by atoms with Gasteiger partial charge >= 0.3 is 0 Å². The molecule has 1 aliphatic heterocycles. The third-order valence-electron chi connectivity index (χ3n) is 3.45. The first-order valence-corrected chi connectivity index (χ1v) is 7.53. The van der Waals surface area contributed by atoms with Gasteiger partial charge in [0.15, 0.2) is 10.9 Å². The molecule has 0 aromatic carbocycles. The Balaban J connectivity index is 1.74. The van der Waals surface area contributed by atoms with Crippen LogP contribution in [0.15, 0.2) is 12.1 Å². The average molecular weight is 304 g/mol. The summed E-state index contributed by atoms with van der Waals surface area (Å²) in [5, 5.41) is 3.40. The fourth-order valence-corrected chi connectivity index (χ4v) is 3.36. The molecular weight excluding hydrogens is 288 g/mol. The zero-order valence-electron chi connectivity index (χ0n) is 11.9. The fraction of sp³-hybridized carbons (Fsp3) is 0.357. The van der Waals surface area contributed by atoms with Crippen molar-refractivity contribution in [1.29, 1.82) is 0 Å². The number of nitrogens with zero attached hydrogens (tertiary/aromatic N) is 2. The third-order valence-corrected chi connectivity index (χ3v) is 4.45. The van der Waals surface area contributed by atoms with E-state index in [2.05, 4.69) is 27.2 Å². The minimum absolute atomic E-state index is 0.0956. The SMILES string of the molecule is CC(=O)c1ccc(C(=O)Nc2nc3c(s2)CN(C)CC3)[nH]1. The summed E-state index contributed by atoms with van der Waals surface area (Å²) in [6.07, 6.45) is 0.912. The molecule has 7 heteroatoms. The van der Waals surface area contributed by atoms with Gasteiger partial charge < -0.3 is 9.88 Å². The predicted molar refractivity (Wildman–Crippen MR) is 80.9 cm³/mol. The van der Waals surface area contributed by atoms with Crippen molar-refractivity contribution in [1.82, 2.24) is 14.9 Å². The molecule has 21 heavy (non-hydrogen) atoms. The van der Waals surface area contributed by atoms with Gasteiger partial charge in [0.2, 0.25) is 0 Å². The molecule has 0 fully saturated rings. The lowest BCUT2D eigenvalue weighted by Crippen LogP contribution is -2.25. The third kappa shape index (κ3) is 2.88. The van der Waals surface area contributed by atoms with E-state index in [4.69, 9.17) is 0 Å². The predicted octanol–water partition coefficient (Wildman–Crippen LogP) is 1.91. The molecule has 2 aromatic rings. The highest BCUT2D eigenvalue weighted by molar-refractivity contribution is 7.15. The maximum Gasteiger partial charge on any atom is 0.273 e. The van der Waals surface area contributed by atoms with Gasteiger partial charge in [0, 0.05) is 31.3 Å². The first kappa shape index (κ1) is 14.0. The second-order valence-corrected chi connectivity index (χ2v) is 6.26. The lowest BCUT2D eigenvalue weighted by atomic mass is 10.2. The summed E-state index contributed by atoms with van der Waals surface area (Å²) >= 11 is 1.51. The van der Waals surface area contributed by atoms with E-state index in [0.29, 0.717) is 16.5 Å². The highest BCUT2D eigenvalue weighted by atomic mass is 32.1. The number of aromatic nitrogens is 2. The molecule has 2 N–H and O–H groups in total. The van der Waals surface area contributed by atoms with Gasteiger partial charge in [-0.2, -0.15) is 0 Å². The van der Waals surface area contributed by atoms with Crippen LogP contribution in [-0.4, -0.2) is 40.2 Å². The topological polar surface area (TPSA) is 78.1 Å².